The molecular formula is C12H14Cl2N4O. The molecule has 0 unspecified atom stereocenters. The summed E-state index contributed by atoms with van der Waals surface area (Å²) in [6.45, 7) is 3.06. The van der Waals surface area contributed by atoms with Crippen molar-refractivity contribution in [3.8, 4) is 0 Å². The summed E-state index contributed by atoms with van der Waals surface area (Å²) in [5, 5.41) is 3.99. The lowest BCUT2D eigenvalue weighted by atomic mass is 9.89. The van der Waals surface area contributed by atoms with E-state index in [1.807, 2.05) is 7.05 Å². The molecule has 2 amide bonds. The molecule has 0 bridgehead atoms. The zero-order chi connectivity index (χ0) is 13.6. The maximum atomic E-state index is 11.5. The van der Waals surface area contributed by atoms with Crippen molar-refractivity contribution < 1.29 is 4.79 Å². The first-order valence-corrected chi connectivity index (χ1v) is 6.80. The Bertz CT molecular complexity index is 530. The molecule has 1 aromatic rings. The van der Waals surface area contributed by atoms with Gasteiger partial charge in [0, 0.05) is 39.4 Å². The summed E-state index contributed by atoms with van der Waals surface area (Å²) < 4.78 is 0. The standard InChI is InChI=1S/C12H14Cl2N4O/c1-17-11(19)16-5-12(17)6-18(7-12)4-10-9(14)2-8(13)3-15-10/h2-3H,4-7H2,1H3,(H,16,19). The quantitative estimate of drug-likeness (QED) is 0.902. The van der Waals surface area contributed by atoms with E-state index in [9.17, 15) is 4.79 Å². The van der Waals surface area contributed by atoms with Crippen LogP contribution in [0, 0.1) is 0 Å². The van der Waals surface area contributed by atoms with Crippen molar-refractivity contribution >= 4 is 29.2 Å². The molecule has 5 nitrogen and oxygen atoms in total. The molecule has 2 aliphatic heterocycles. The van der Waals surface area contributed by atoms with Crippen LogP contribution in [0.2, 0.25) is 10.0 Å². The SMILES string of the molecule is CN1C(=O)NCC12CN(Cc1ncc(Cl)cc1Cl)C2. The van der Waals surface area contributed by atoms with Gasteiger partial charge in [0.05, 0.1) is 21.3 Å². The van der Waals surface area contributed by atoms with Gasteiger partial charge in [-0.1, -0.05) is 23.2 Å². The molecule has 0 aliphatic carbocycles. The number of carbonyl (C=O) groups excluding carboxylic acids is 1. The van der Waals surface area contributed by atoms with Gasteiger partial charge < -0.3 is 10.2 Å². The van der Waals surface area contributed by atoms with Gasteiger partial charge in [-0.3, -0.25) is 9.88 Å². The van der Waals surface area contributed by atoms with Crippen molar-refractivity contribution in [2.24, 2.45) is 0 Å². The van der Waals surface area contributed by atoms with Crippen molar-refractivity contribution in [1.82, 2.24) is 20.1 Å². The molecule has 0 radical (unpaired) electrons. The third-order valence-electron chi connectivity index (χ3n) is 3.88. The number of hydrogen-bond donors (Lipinski definition) is 1. The summed E-state index contributed by atoms with van der Waals surface area (Å²) in [5.41, 5.74) is 0.761. The number of nitrogens with one attached hydrogen (secondary N) is 1. The predicted octanol–water partition coefficient (Wildman–Crippen LogP) is 1.60. The third-order valence-corrected chi connectivity index (χ3v) is 4.41. The minimum Gasteiger partial charge on any atom is -0.336 e. The highest BCUT2D eigenvalue weighted by atomic mass is 35.5. The fourth-order valence-corrected chi connectivity index (χ4v) is 3.13. The molecule has 0 saturated carbocycles. The normalized spacial score (nSPS) is 21.6. The summed E-state index contributed by atoms with van der Waals surface area (Å²) in [6, 6.07) is 1.70. The average molecular weight is 301 g/mol. The molecule has 2 aliphatic rings. The Balaban J connectivity index is 1.64. The van der Waals surface area contributed by atoms with Gasteiger partial charge in [0.2, 0.25) is 0 Å². The van der Waals surface area contributed by atoms with Crippen molar-refractivity contribution in [2.75, 3.05) is 26.7 Å². The Morgan fingerprint density at radius 2 is 2.21 bits per heavy atom. The largest absolute Gasteiger partial charge is 0.336 e. The molecule has 3 rings (SSSR count). The van der Waals surface area contributed by atoms with Gasteiger partial charge >= 0.3 is 6.03 Å². The van der Waals surface area contributed by atoms with E-state index in [2.05, 4.69) is 15.2 Å². The Hall–Kier alpha value is -1.04. The first-order valence-electron chi connectivity index (χ1n) is 6.04. The first kappa shape index (κ1) is 13.0. The van der Waals surface area contributed by atoms with E-state index in [1.165, 1.54) is 0 Å². The molecule has 1 N–H and O–H groups in total. The van der Waals surface area contributed by atoms with Crippen molar-refractivity contribution in [2.45, 2.75) is 12.1 Å². The molecule has 3 heterocycles. The molecule has 2 fully saturated rings. The number of amides is 2. The molecule has 1 aromatic heterocycles. The van der Waals surface area contributed by atoms with Gasteiger partial charge in [-0.2, -0.15) is 0 Å². The molecule has 0 atom stereocenters. The van der Waals surface area contributed by atoms with E-state index < -0.39 is 0 Å². The average Bonchev–Trinajstić information content (AvgIpc) is 2.60. The maximum absolute atomic E-state index is 11.5. The van der Waals surface area contributed by atoms with Crippen LogP contribution < -0.4 is 5.32 Å². The van der Waals surface area contributed by atoms with Crippen molar-refractivity contribution in [3.05, 3.63) is 28.0 Å². The number of halogens is 2. The van der Waals surface area contributed by atoms with Gasteiger partial charge in [-0.05, 0) is 6.07 Å². The summed E-state index contributed by atoms with van der Waals surface area (Å²) in [4.78, 5) is 19.7. The number of aromatic nitrogens is 1. The number of rotatable bonds is 2. The summed E-state index contributed by atoms with van der Waals surface area (Å²) in [6.07, 6.45) is 1.60. The Labute approximate surface area is 121 Å². The Morgan fingerprint density at radius 3 is 2.79 bits per heavy atom. The van der Waals surface area contributed by atoms with Crippen molar-refractivity contribution in [1.29, 1.82) is 0 Å². The molecule has 102 valence electrons. The molecule has 7 heteroatoms. The number of carbonyl (C=O) groups is 1. The van der Waals surface area contributed by atoms with Crippen LogP contribution in [0.1, 0.15) is 5.69 Å². The van der Waals surface area contributed by atoms with Crippen LogP contribution in [-0.4, -0.2) is 53.0 Å². The number of likely N-dealkylation sites (N-methyl/N-ethyl adjacent to an activating group) is 1. The van der Waals surface area contributed by atoms with Crippen LogP contribution in [0.4, 0.5) is 4.79 Å². The monoisotopic (exact) mass is 300 g/mol. The number of hydrogen-bond acceptors (Lipinski definition) is 3. The Kier molecular flexibility index (Phi) is 3.08. The molecule has 0 aromatic carbocycles. The van der Waals surface area contributed by atoms with Gasteiger partial charge in [-0.25, -0.2) is 4.79 Å². The van der Waals surface area contributed by atoms with Crippen LogP contribution in [-0.2, 0) is 6.54 Å². The van der Waals surface area contributed by atoms with Crippen LogP contribution in [0.15, 0.2) is 12.3 Å². The second-order valence-electron chi connectivity index (χ2n) is 5.17. The minimum atomic E-state index is -0.0595. The van der Waals surface area contributed by atoms with Crippen LogP contribution in [0.25, 0.3) is 0 Å². The number of likely N-dealkylation sites (tertiary alicyclic amines) is 1. The van der Waals surface area contributed by atoms with Crippen LogP contribution in [0.5, 0.6) is 0 Å². The lowest BCUT2D eigenvalue weighted by molar-refractivity contribution is -0.00178. The highest BCUT2D eigenvalue weighted by Crippen LogP contribution is 2.31. The van der Waals surface area contributed by atoms with Gasteiger partial charge in [-0.15, -0.1) is 0 Å². The zero-order valence-corrected chi connectivity index (χ0v) is 12.0. The van der Waals surface area contributed by atoms with E-state index in [4.69, 9.17) is 23.2 Å². The fourth-order valence-electron chi connectivity index (χ4n) is 2.69. The first-order chi connectivity index (χ1) is 9.00. The summed E-state index contributed by atoms with van der Waals surface area (Å²) in [5.74, 6) is 0. The maximum Gasteiger partial charge on any atom is 0.317 e. The lowest BCUT2D eigenvalue weighted by Crippen LogP contribution is -2.68. The minimum absolute atomic E-state index is 0.00213. The van der Waals surface area contributed by atoms with E-state index in [0.717, 1.165) is 18.8 Å². The Morgan fingerprint density at radius 1 is 1.47 bits per heavy atom. The van der Waals surface area contributed by atoms with Crippen LogP contribution >= 0.6 is 23.2 Å². The summed E-state index contributed by atoms with van der Waals surface area (Å²) in [7, 11) is 1.84. The summed E-state index contributed by atoms with van der Waals surface area (Å²) >= 11 is 11.9. The topological polar surface area (TPSA) is 48.5 Å². The lowest BCUT2D eigenvalue weighted by Gasteiger charge is -2.50. The van der Waals surface area contributed by atoms with E-state index in [0.29, 0.717) is 23.1 Å². The smallest absolute Gasteiger partial charge is 0.317 e. The fraction of sp³-hybridized carbons (Fsp3) is 0.500. The molecule has 2 saturated heterocycles. The van der Waals surface area contributed by atoms with Gasteiger partial charge in [0.1, 0.15) is 0 Å². The molecule has 19 heavy (non-hydrogen) atoms. The second kappa shape index (κ2) is 4.51. The van der Waals surface area contributed by atoms with Crippen LogP contribution in [0.3, 0.4) is 0 Å². The molecule has 1 spiro atoms. The van der Waals surface area contributed by atoms with E-state index in [1.54, 1.807) is 17.2 Å². The second-order valence-corrected chi connectivity index (χ2v) is 6.01. The number of nitrogens with zero attached hydrogens (tertiary/aromatic N) is 3. The van der Waals surface area contributed by atoms with E-state index in [-0.39, 0.29) is 11.6 Å². The highest BCUT2D eigenvalue weighted by molar-refractivity contribution is 6.34. The number of urea groups is 1. The predicted molar refractivity (Wildman–Crippen MR) is 73.4 cm³/mol. The van der Waals surface area contributed by atoms with E-state index >= 15 is 0 Å². The third kappa shape index (κ3) is 2.16. The number of pyridine rings is 1. The highest BCUT2D eigenvalue weighted by Gasteiger charge is 2.51. The molecular weight excluding hydrogens is 287 g/mol. The van der Waals surface area contributed by atoms with Crippen molar-refractivity contribution in [3.63, 3.8) is 0 Å². The van der Waals surface area contributed by atoms with Gasteiger partial charge in [0.15, 0.2) is 0 Å². The van der Waals surface area contributed by atoms with Gasteiger partial charge in [0.25, 0.3) is 0 Å². The zero-order valence-electron chi connectivity index (χ0n) is 10.5.